The molecule has 1 aliphatic rings. The molecule has 1 heterocycles. The number of aliphatic hydroxyl groups is 1. The third-order valence-electron chi connectivity index (χ3n) is 3.18. The Balaban J connectivity index is 1.94. The lowest BCUT2D eigenvalue weighted by Gasteiger charge is -2.31. The third-order valence-corrected chi connectivity index (χ3v) is 4.83. The van der Waals surface area contributed by atoms with Gasteiger partial charge in [0.15, 0.2) is 9.84 Å². The second-order valence-electron chi connectivity index (χ2n) is 4.87. The molecule has 0 spiro atoms. The smallest absolute Gasteiger partial charge is 0.150 e. The van der Waals surface area contributed by atoms with E-state index in [0.717, 1.165) is 5.56 Å². The Morgan fingerprint density at radius 3 is 2.72 bits per heavy atom. The molecule has 0 unspecified atom stereocenters. The van der Waals surface area contributed by atoms with E-state index in [9.17, 15) is 13.5 Å². The summed E-state index contributed by atoms with van der Waals surface area (Å²) in [5, 5.41) is 10.2. The highest BCUT2D eigenvalue weighted by Gasteiger charge is 2.36. The Bertz CT molecular complexity index is 508. The Morgan fingerprint density at radius 2 is 2.11 bits per heavy atom. The average molecular weight is 269 g/mol. The number of ether oxygens (including phenoxy) is 1. The predicted octanol–water partition coefficient (Wildman–Crippen LogP) is 1.11. The molecule has 18 heavy (non-hydrogen) atoms. The molecule has 1 aliphatic heterocycles. The first-order valence-electron chi connectivity index (χ1n) is 5.93. The van der Waals surface area contributed by atoms with Crippen molar-refractivity contribution >= 4 is 9.84 Å². The van der Waals surface area contributed by atoms with E-state index in [2.05, 4.69) is 6.07 Å². The van der Waals surface area contributed by atoms with Gasteiger partial charge in [0.05, 0.1) is 11.5 Å². The highest BCUT2D eigenvalue weighted by atomic mass is 32.2. The first-order valence-corrected chi connectivity index (χ1v) is 7.75. The van der Waals surface area contributed by atoms with E-state index in [1.54, 1.807) is 12.1 Å². The maximum Gasteiger partial charge on any atom is 0.150 e. The summed E-state index contributed by atoms with van der Waals surface area (Å²) in [7, 11) is -2.96. The molecule has 1 fully saturated rings. The van der Waals surface area contributed by atoms with Crippen molar-refractivity contribution in [2.24, 2.45) is 0 Å². The van der Waals surface area contributed by atoms with E-state index in [1.165, 1.54) is 0 Å². The monoisotopic (exact) mass is 269 g/mol. The molecule has 1 radical (unpaired) electrons. The Hall–Kier alpha value is -1.07. The lowest BCUT2D eigenvalue weighted by atomic mass is 9.98. The summed E-state index contributed by atoms with van der Waals surface area (Å²) < 4.78 is 28.1. The van der Waals surface area contributed by atoms with Crippen LogP contribution in [0.15, 0.2) is 18.2 Å². The van der Waals surface area contributed by atoms with Crippen molar-refractivity contribution < 1.29 is 18.3 Å². The van der Waals surface area contributed by atoms with Gasteiger partial charge in [0.2, 0.25) is 0 Å². The van der Waals surface area contributed by atoms with Crippen LogP contribution in [-0.4, -0.2) is 37.2 Å². The van der Waals surface area contributed by atoms with E-state index in [4.69, 9.17) is 4.74 Å². The maximum atomic E-state index is 11.3. The summed E-state index contributed by atoms with van der Waals surface area (Å²) in [5.74, 6) is 0.747. The average Bonchev–Trinajstić information content (AvgIpc) is 2.32. The lowest BCUT2D eigenvalue weighted by molar-refractivity contribution is -0.0128. The van der Waals surface area contributed by atoms with Gasteiger partial charge in [-0.1, -0.05) is 6.07 Å². The minimum absolute atomic E-state index is 0.0362. The highest BCUT2D eigenvalue weighted by molar-refractivity contribution is 7.91. The normalized spacial score (nSPS) is 21.4. The fraction of sp³-hybridized carbons (Fsp3) is 0.538. The molecule has 0 atom stereocenters. The quantitative estimate of drug-likeness (QED) is 0.893. The van der Waals surface area contributed by atoms with Gasteiger partial charge in [0, 0.05) is 0 Å². The van der Waals surface area contributed by atoms with Crippen LogP contribution in [0.4, 0.5) is 0 Å². The van der Waals surface area contributed by atoms with Crippen molar-refractivity contribution in [1.29, 1.82) is 0 Å². The molecule has 1 saturated heterocycles. The minimum Gasteiger partial charge on any atom is -0.491 e. The largest absolute Gasteiger partial charge is 0.491 e. The number of hydrogen-bond acceptors (Lipinski definition) is 4. The molecule has 0 bridgehead atoms. The molecule has 0 saturated carbocycles. The number of aryl methyl sites for hydroxylation is 1. The Morgan fingerprint density at radius 1 is 1.44 bits per heavy atom. The van der Waals surface area contributed by atoms with E-state index in [0.29, 0.717) is 5.75 Å². The molecule has 99 valence electrons. The van der Waals surface area contributed by atoms with Crippen LogP contribution in [-0.2, 0) is 9.84 Å². The fourth-order valence-electron chi connectivity index (χ4n) is 1.93. The molecular formula is C13H17O4S. The van der Waals surface area contributed by atoms with Gasteiger partial charge >= 0.3 is 0 Å². The topological polar surface area (TPSA) is 63.6 Å². The lowest BCUT2D eigenvalue weighted by Crippen LogP contribution is -2.43. The zero-order valence-corrected chi connectivity index (χ0v) is 11.2. The molecule has 5 heteroatoms. The second kappa shape index (κ2) is 4.90. The SMILES string of the molecule is Cc1[c]ccc(OCC2(O)CCS(=O)(=O)CC2)c1. The van der Waals surface area contributed by atoms with Crippen LogP contribution in [0.1, 0.15) is 18.4 Å². The third kappa shape index (κ3) is 3.46. The molecular weight excluding hydrogens is 252 g/mol. The van der Waals surface area contributed by atoms with Crippen LogP contribution >= 0.6 is 0 Å². The molecule has 1 aromatic rings. The summed E-state index contributed by atoms with van der Waals surface area (Å²) in [6.07, 6.45) is 0.487. The molecule has 2 rings (SSSR count). The van der Waals surface area contributed by atoms with Gasteiger partial charge in [-0.3, -0.25) is 0 Å². The van der Waals surface area contributed by atoms with E-state index in [-0.39, 0.29) is 31.0 Å². The van der Waals surface area contributed by atoms with Crippen LogP contribution in [0.3, 0.4) is 0 Å². The summed E-state index contributed by atoms with van der Waals surface area (Å²) in [6, 6.07) is 8.38. The van der Waals surface area contributed by atoms with Crippen LogP contribution in [0.25, 0.3) is 0 Å². The van der Waals surface area contributed by atoms with Crippen molar-refractivity contribution in [3.63, 3.8) is 0 Å². The van der Waals surface area contributed by atoms with Gasteiger partial charge in [-0.05, 0) is 43.5 Å². The van der Waals surface area contributed by atoms with Crippen LogP contribution < -0.4 is 4.74 Å². The predicted molar refractivity (Wildman–Crippen MR) is 68.3 cm³/mol. The van der Waals surface area contributed by atoms with Crippen LogP contribution in [0.5, 0.6) is 5.75 Å². The van der Waals surface area contributed by atoms with Crippen LogP contribution in [0.2, 0.25) is 0 Å². The maximum absolute atomic E-state index is 11.3. The van der Waals surface area contributed by atoms with Gasteiger partial charge < -0.3 is 9.84 Å². The van der Waals surface area contributed by atoms with Crippen molar-refractivity contribution in [2.75, 3.05) is 18.1 Å². The van der Waals surface area contributed by atoms with Gasteiger partial charge in [-0.15, -0.1) is 0 Å². The Labute approximate surface area is 108 Å². The highest BCUT2D eigenvalue weighted by Crippen LogP contribution is 2.25. The van der Waals surface area contributed by atoms with Gasteiger partial charge in [-0.2, -0.15) is 0 Å². The molecule has 1 aromatic carbocycles. The molecule has 4 nitrogen and oxygen atoms in total. The zero-order chi connectivity index (χ0) is 13.2. The van der Waals surface area contributed by atoms with Crippen molar-refractivity contribution in [3.05, 3.63) is 29.8 Å². The van der Waals surface area contributed by atoms with Crippen molar-refractivity contribution in [1.82, 2.24) is 0 Å². The Kier molecular flexibility index (Phi) is 3.64. The van der Waals surface area contributed by atoms with Crippen molar-refractivity contribution in [3.8, 4) is 5.75 Å². The van der Waals surface area contributed by atoms with Gasteiger partial charge in [0.1, 0.15) is 18.0 Å². The molecule has 0 aromatic heterocycles. The molecule has 1 N–H and O–H groups in total. The minimum atomic E-state index is -2.96. The first-order chi connectivity index (χ1) is 8.39. The zero-order valence-electron chi connectivity index (χ0n) is 10.3. The summed E-state index contributed by atoms with van der Waals surface area (Å²) in [4.78, 5) is 0. The number of rotatable bonds is 3. The number of benzene rings is 1. The second-order valence-corrected chi connectivity index (χ2v) is 7.18. The van der Waals surface area contributed by atoms with Gasteiger partial charge in [0.25, 0.3) is 0 Å². The van der Waals surface area contributed by atoms with E-state index in [1.807, 2.05) is 13.0 Å². The van der Waals surface area contributed by atoms with Gasteiger partial charge in [-0.25, -0.2) is 8.42 Å². The van der Waals surface area contributed by atoms with Crippen LogP contribution in [0, 0.1) is 13.0 Å². The number of hydrogen-bond donors (Lipinski definition) is 1. The first kappa shape index (κ1) is 13.4. The molecule has 0 aliphatic carbocycles. The van der Waals surface area contributed by atoms with E-state index < -0.39 is 15.4 Å². The summed E-state index contributed by atoms with van der Waals surface area (Å²) >= 11 is 0. The standard InChI is InChI=1S/C13H17O4S/c1-11-3-2-4-12(9-11)17-10-13(14)5-7-18(15,16)8-6-13/h2,4,9,14H,5-8,10H2,1H3. The number of sulfone groups is 1. The fourth-order valence-corrected chi connectivity index (χ4v) is 3.51. The van der Waals surface area contributed by atoms with E-state index >= 15 is 0 Å². The summed E-state index contributed by atoms with van der Waals surface area (Å²) in [5.41, 5.74) is -0.0654. The summed E-state index contributed by atoms with van der Waals surface area (Å²) in [6.45, 7) is 2.04. The molecule has 0 amide bonds. The van der Waals surface area contributed by atoms with Crippen molar-refractivity contribution in [2.45, 2.75) is 25.4 Å².